The van der Waals surface area contributed by atoms with Gasteiger partial charge in [-0.15, -0.1) is 0 Å². The molecule has 5 atom stereocenters. The molecular weight excluding hydrogens is 666 g/mol. The van der Waals surface area contributed by atoms with E-state index in [4.69, 9.17) is 35.4 Å². The Labute approximate surface area is 291 Å². The molecule has 2 heterocycles. The van der Waals surface area contributed by atoms with Crippen LogP contribution >= 0.6 is 24.2 Å². The van der Waals surface area contributed by atoms with E-state index in [9.17, 15) is 24.4 Å². The average Bonchev–Trinajstić information content (AvgIpc) is 3.68. The average molecular weight is 712 g/mol. The van der Waals surface area contributed by atoms with E-state index in [2.05, 4.69) is 17.9 Å². The summed E-state index contributed by atoms with van der Waals surface area (Å²) >= 11 is 10.5. The van der Waals surface area contributed by atoms with Gasteiger partial charge in [0, 0.05) is 53.2 Å². The van der Waals surface area contributed by atoms with Gasteiger partial charge in [-0.1, -0.05) is 35.4 Å². The van der Waals surface area contributed by atoms with E-state index >= 15 is 0 Å². The Hall–Kier alpha value is -3.30. The van der Waals surface area contributed by atoms with Crippen LogP contribution in [-0.2, 0) is 39.9 Å². The number of nitrogens with one attached hydrogen (secondary N) is 1. The number of carbonyl (C=O) groups excluding carboxylic acids is 4. The van der Waals surface area contributed by atoms with Gasteiger partial charge in [-0.25, -0.2) is 14.9 Å². The van der Waals surface area contributed by atoms with Gasteiger partial charge in [0.25, 0.3) is 0 Å². The number of cyclic esters (lactones) is 1. The Morgan fingerprint density at radius 3 is 2.65 bits per heavy atom. The normalized spacial score (nSPS) is 24.4. The molecule has 2 aliphatic heterocycles. The van der Waals surface area contributed by atoms with Crippen LogP contribution in [0, 0.1) is 0 Å². The van der Waals surface area contributed by atoms with Crippen molar-refractivity contribution in [3.05, 3.63) is 46.5 Å². The van der Waals surface area contributed by atoms with Gasteiger partial charge in [-0.05, 0) is 43.7 Å². The molecule has 13 nitrogen and oxygen atoms in total. The second kappa shape index (κ2) is 17.4. The van der Waals surface area contributed by atoms with Gasteiger partial charge in [0.15, 0.2) is 5.72 Å². The van der Waals surface area contributed by atoms with Crippen LogP contribution in [0.5, 0.6) is 5.75 Å². The number of hydrogen-bond acceptors (Lipinski definition) is 12. The standard InChI is InChI=1S/C33H46ClN3O10S/c1-21(15-22-16-24(36(3)4)30(34)25(17-22)43-6)9-7-8-12-33(47-42)19-23(44-31(41)35-33)18-27-32(2,46-27)26(10-13-38)45-29(40)20-37(5)28(39)11-14-48/h7-9,13,16-17,23,26-27,42,48H,10-12,14-15,18-20H2,1-6H3,(H,35,41)/b8-7+,21-9+/t23?,26-,27?,32?,33+/m0/s1. The number of likely N-dealkylation sites (N-methyl/N-ethyl adjacent to an activating group) is 1. The SMILES string of the molecule is COc1cc(C/C(C)=C/C=C/C[C@@]2(OO)CC(CC3OC3(C)[C@H](CC=O)OC(=O)CN(C)C(=O)CCS)OC(=O)N2)cc(N(C)C)c1Cl. The molecule has 2 amide bonds. The quantitative estimate of drug-likeness (QED) is 0.0378. The maximum absolute atomic E-state index is 12.6. The number of nitrogens with zero attached hydrogens (tertiary/aromatic N) is 2. The van der Waals surface area contributed by atoms with Crippen LogP contribution in [-0.4, -0.2) is 105 Å². The number of carbonyl (C=O) groups is 4. The molecule has 0 aliphatic carbocycles. The van der Waals surface area contributed by atoms with Crippen LogP contribution in [0.25, 0.3) is 0 Å². The Morgan fingerprint density at radius 2 is 2.02 bits per heavy atom. The number of methoxy groups -OCH3 is 1. The zero-order valence-electron chi connectivity index (χ0n) is 28.2. The Morgan fingerprint density at radius 1 is 1.29 bits per heavy atom. The summed E-state index contributed by atoms with van der Waals surface area (Å²) in [5, 5.41) is 13.0. The third-order valence-corrected chi connectivity index (χ3v) is 8.96. The van der Waals surface area contributed by atoms with Gasteiger partial charge in [0.1, 0.15) is 41.4 Å². The van der Waals surface area contributed by atoms with Crippen LogP contribution in [0.4, 0.5) is 10.5 Å². The summed E-state index contributed by atoms with van der Waals surface area (Å²) in [5.41, 5.74) is 0.433. The number of rotatable bonds is 18. The summed E-state index contributed by atoms with van der Waals surface area (Å²) in [5.74, 6) is -0.0145. The van der Waals surface area contributed by atoms with Crippen molar-refractivity contribution in [1.82, 2.24) is 10.2 Å². The molecule has 0 aromatic heterocycles. The molecule has 1 aromatic rings. The number of allylic oxidation sites excluding steroid dienone is 3. The molecule has 266 valence electrons. The molecule has 0 spiro atoms. The highest BCUT2D eigenvalue weighted by atomic mass is 35.5. The van der Waals surface area contributed by atoms with Crippen molar-refractivity contribution < 1.29 is 48.3 Å². The number of benzene rings is 1. The van der Waals surface area contributed by atoms with E-state index in [1.54, 1.807) is 20.1 Å². The van der Waals surface area contributed by atoms with Crippen molar-refractivity contribution in [1.29, 1.82) is 0 Å². The number of halogens is 1. The van der Waals surface area contributed by atoms with Crippen LogP contribution in [0.2, 0.25) is 5.02 Å². The van der Waals surface area contributed by atoms with Crippen LogP contribution in [0.3, 0.4) is 0 Å². The topological polar surface area (TPSA) is 156 Å². The molecule has 3 rings (SSSR count). The predicted molar refractivity (Wildman–Crippen MR) is 183 cm³/mol. The summed E-state index contributed by atoms with van der Waals surface area (Å²) in [7, 11) is 6.87. The number of alkyl carbamates (subject to hydrolysis) is 1. The molecule has 0 saturated carbocycles. The maximum atomic E-state index is 12.6. The number of aldehydes is 1. The molecule has 2 fully saturated rings. The fourth-order valence-electron chi connectivity index (χ4n) is 5.60. The Bertz CT molecular complexity index is 1390. The molecule has 3 unspecified atom stereocenters. The number of anilines is 1. The second-order valence-electron chi connectivity index (χ2n) is 12.4. The van der Waals surface area contributed by atoms with Crippen molar-refractivity contribution in [2.45, 2.75) is 82.0 Å². The highest BCUT2D eigenvalue weighted by Crippen LogP contribution is 2.46. The minimum absolute atomic E-state index is 0.0896. The minimum atomic E-state index is -1.45. The Kier molecular flexibility index (Phi) is 14.2. The van der Waals surface area contributed by atoms with Crippen molar-refractivity contribution in [3.63, 3.8) is 0 Å². The molecule has 2 aliphatic rings. The van der Waals surface area contributed by atoms with E-state index in [1.807, 2.05) is 50.2 Å². The zero-order valence-corrected chi connectivity index (χ0v) is 29.8. The van der Waals surface area contributed by atoms with Crippen LogP contribution in [0.15, 0.2) is 35.9 Å². The number of hydrogen-bond donors (Lipinski definition) is 3. The number of esters is 1. The first-order valence-electron chi connectivity index (χ1n) is 15.5. The van der Waals surface area contributed by atoms with Crippen LogP contribution in [0.1, 0.15) is 51.5 Å². The van der Waals surface area contributed by atoms with Crippen molar-refractivity contribution in [2.75, 3.05) is 45.5 Å². The van der Waals surface area contributed by atoms with E-state index in [-0.39, 0.29) is 44.6 Å². The lowest BCUT2D eigenvalue weighted by Gasteiger charge is -2.37. The molecule has 48 heavy (non-hydrogen) atoms. The monoisotopic (exact) mass is 711 g/mol. The smallest absolute Gasteiger partial charge is 0.409 e. The summed E-state index contributed by atoms with van der Waals surface area (Å²) in [6, 6.07) is 3.90. The fourth-order valence-corrected chi connectivity index (χ4v) is 6.15. The molecule has 15 heteroatoms. The van der Waals surface area contributed by atoms with Gasteiger partial charge in [-0.2, -0.15) is 12.6 Å². The number of thiol groups is 1. The largest absolute Gasteiger partial charge is 0.495 e. The molecule has 0 bridgehead atoms. The van der Waals surface area contributed by atoms with E-state index in [0.29, 0.717) is 29.2 Å². The van der Waals surface area contributed by atoms with Gasteiger partial charge < -0.3 is 33.5 Å². The van der Waals surface area contributed by atoms with Gasteiger partial charge in [0.2, 0.25) is 5.91 Å². The maximum Gasteiger partial charge on any atom is 0.409 e. The van der Waals surface area contributed by atoms with Crippen molar-refractivity contribution in [2.24, 2.45) is 0 Å². The molecule has 2 saturated heterocycles. The first-order chi connectivity index (χ1) is 22.7. The molecule has 0 radical (unpaired) electrons. The molecule has 1 aromatic carbocycles. The number of epoxide rings is 1. The third-order valence-electron chi connectivity index (χ3n) is 8.36. The van der Waals surface area contributed by atoms with Crippen LogP contribution < -0.4 is 15.0 Å². The summed E-state index contributed by atoms with van der Waals surface area (Å²) in [4.78, 5) is 56.5. The predicted octanol–water partition coefficient (Wildman–Crippen LogP) is 4.36. The summed E-state index contributed by atoms with van der Waals surface area (Å²) < 4.78 is 22.3. The van der Waals surface area contributed by atoms with E-state index < -0.39 is 41.7 Å². The fraction of sp³-hybridized carbons (Fsp3) is 0.576. The van der Waals surface area contributed by atoms with Gasteiger partial charge >= 0.3 is 12.1 Å². The number of ether oxygens (including phenoxy) is 4. The first kappa shape index (κ1) is 39.1. The van der Waals surface area contributed by atoms with Crippen molar-refractivity contribution in [3.8, 4) is 5.75 Å². The highest BCUT2D eigenvalue weighted by molar-refractivity contribution is 7.80. The zero-order chi connectivity index (χ0) is 35.6. The number of amides is 2. The minimum Gasteiger partial charge on any atom is -0.495 e. The van der Waals surface area contributed by atoms with Gasteiger partial charge in [0.05, 0.1) is 18.9 Å². The highest BCUT2D eigenvalue weighted by Gasteiger charge is 2.60. The lowest BCUT2D eigenvalue weighted by molar-refractivity contribution is -0.340. The Balaban J connectivity index is 1.61. The molecule has 2 N–H and O–H groups in total. The lowest BCUT2D eigenvalue weighted by Crippen LogP contribution is -2.57. The second-order valence-corrected chi connectivity index (χ2v) is 13.2. The summed E-state index contributed by atoms with van der Waals surface area (Å²) in [6.07, 6.45) is 4.31. The van der Waals surface area contributed by atoms with E-state index in [0.717, 1.165) is 16.8 Å². The van der Waals surface area contributed by atoms with E-state index in [1.165, 1.54) is 11.9 Å². The van der Waals surface area contributed by atoms with Gasteiger partial charge in [-0.3, -0.25) is 14.9 Å². The first-order valence-corrected chi connectivity index (χ1v) is 16.5. The summed E-state index contributed by atoms with van der Waals surface area (Å²) in [6.45, 7) is 3.39. The molecular formula is C33H46ClN3O10S. The third kappa shape index (κ3) is 10.3. The van der Waals surface area contributed by atoms with Crippen molar-refractivity contribution >= 4 is 54.2 Å². The lowest BCUT2D eigenvalue weighted by atomic mass is 9.91.